The molecule has 0 bridgehead atoms. The van der Waals surface area contributed by atoms with E-state index in [9.17, 15) is 26.4 Å². The van der Waals surface area contributed by atoms with E-state index in [2.05, 4.69) is 0 Å². The summed E-state index contributed by atoms with van der Waals surface area (Å²) in [6.07, 6.45) is -3.59. The number of carbonyl (C=O) groups is 1. The first kappa shape index (κ1) is 25.2. The fourth-order valence-corrected chi connectivity index (χ4v) is 6.14. The average Bonchev–Trinajstić information content (AvgIpc) is 2.79. The third-order valence-corrected chi connectivity index (χ3v) is 9.21. The van der Waals surface area contributed by atoms with Gasteiger partial charge >= 0.3 is 6.18 Å². The number of halogens is 3. The van der Waals surface area contributed by atoms with Crippen molar-refractivity contribution in [1.29, 1.82) is 0 Å². The summed E-state index contributed by atoms with van der Waals surface area (Å²) in [5.74, 6) is -0.396. The monoisotopic (exact) mass is 482 g/mol. The highest BCUT2D eigenvalue weighted by Crippen LogP contribution is 2.39. The Morgan fingerprint density at radius 1 is 1.06 bits per heavy atom. The molecule has 2 N–H and O–H groups in total. The van der Waals surface area contributed by atoms with Crippen LogP contribution in [0.3, 0.4) is 0 Å². The van der Waals surface area contributed by atoms with E-state index in [1.54, 1.807) is 18.7 Å². The van der Waals surface area contributed by atoms with Gasteiger partial charge in [-0.2, -0.15) is 13.2 Å². The normalized spacial score (nSPS) is 17.1. The Kier molecular flexibility index (Phi) is 7.24. The summed E-state index contributed by atoms with van der Waals surface area (Å²) in [4.78, 5) is 14.1. The van der Waals surface area contributed by atoms with Gasteiger partial charge in [-0.3, -0.25) is 4.79 Å². The van der Waals surface area contributed by atoms with Gasteiger partial charge in [0.1, 0.15) is 0 Å². The van der Waals surface area contributed by atoms with Gasteiger partial charge in [0.15, 0.2) is 9.84 Å². The van der Waals surface area contributed by atoms with Crippen LogP contribution in [0.4, 0.5) is 13.2 Å². The molecule has 1 amide bonds. The number of alkyl halides is 3. The van der Waals surface area contributed by atoms with Gasteiger partial charge in [0.2, 0.25) is 5.91 Å². The molecular weight excluding hydrogens is 453 g/mol. The second kappa shape index (κ2) is 9.46. The number of benzene rings is 2. The molecule has 2 aromatic rings. The molecule has 1 heterocycles. The van der Waals surface area contributed by atoms with E-state index in [4.69, 9.17) is 5.73 Å². The van der Waals surface area contributed by atoms with Gasteiger partial charge in [0.05, 0.1) is 15.2 Å². The second-order valence-corrected chi connectivity index (χ2v) is 11.5. The molecule has 0 saturated carbocycles. The zero-order valence-corrected chi connectivity index (χ0v) is 19.5. The number of rotatable bonds is 6. The van der Waals surface area contributed by atoms with E-state index in [1.807, 2.05) is 30.3 Å². The van der Waals surface area contributed by atoms with E-state index in [0.29, 0.717) is 32.0 Å². The minimum atomic E-state index is -4.62. The highest BCUT2D eigenvalue weighted by atomic mass is 32.2. The maximum absolute atomic E-state index is 13.3. The van der Waals surface area contributed by atoms with Gasteiger partial charge in [-0.1, -0.05) is 36.4 Å². The van der Waals surface area contributed by atoms with E-state index >= 15 is 0 Å². The summed E-state index contributed by atoms with van der Waals surface area (Å²) in [5, 5.41) is 0. The van der Waals surface area contributed by atoms with Crippen molar-refractivity contribution in [1.82, 2.24) is 4.90 Å². The second-order valence-electron chi connectivity index (χ2n) is 9.01. The summed E-state index contributed by atoms with van der Waals surface area (Å²) >= 11 is 0. The van der Waals surface area contributed by atoms with Crippen molar-refractivity contribution in [2.75, 3.05) is 13.1 Å². The molecule has 0 radical (unpaired) electrons. The Labute approximate surface area is 192 Å². The van der Waals surface area contributed by atoms with Gasteiger partial charge < -0.3 is 10.6 Å². The Morgan fingerprint density at radius 3 is 2.24 bits per heavy atom. The van der Waals surface area contributed by atoms with Crippen molar-refractivity contribution in [2.45, 2.75) is 55.0 Å². The van der Waals surface area contributed by atoms with Crippen molar-refractivity contribution in [3.8, 4) is 0 Å². The molecule has 1 unspecified atom stereocenters. The van der Waals surface area contributed by atoms with Crippen molar-refractivity contribution in [2.24, 2.45) is 11.7 Å². The smallest absolute Gasteiger partial charge is 0.343 e. The SMILES string of the molecule is CC(C)(C1CCN(C(=O)CC(N)c2ccccc2)CC1)S(=O)(=O)c1cccc(C(F)(F)F)c1. The van der Waals surface area contributed by atoms with Gasteiger partial charge in [-0.25, -0.2) is 8.42 Å². The van der Waals surface area contributed by atoms with Gasteiger partial charge in [-0.15, -0.1) is 0 Å². The van der Waals surface area contributed by atoms with Crippen molar-refractivity contribution >= 4 is 15.7 Å². The lowest BCUT2D eigenvalue weighted by Gasteiger charge is -2.40. The standard InChI is InChI=1S/C24H29F3N2O3S/c1-23(2,33(31,32)20-10-6-9-19(15-20)24(25,26)27)18-11-13-29(14-12-18)22(30)16-21(28)17-7-4-3-5-8-17/h3-10,15,18,21H,11-14,16,28H2,1-2H3. The summed E-state index contributed by atoms with van der Waals surface area (Å²) in [7, 11) is -4.04. The van der Waals surface area contributed by atoms with E-state index in [0.717, 1.165) is 17.7 Å². The Morgan fingerprint density at radius 2 is 1.67 bits per heavy atom. The van der Waals surface area contributed by atoms with Gasteiger partial charge in [0.25, 0.3) is 0 Å². The van der Waals surface area contributed by atoms with Crippen LogP contribution in [0, 0.1) is 5.92 Å². The van der Waals surface area contributed by atoms with Crippen molar-refractivity contribution in [3.05, 3.63) is 65.7 Å². The number of carbonyl (C=O) groups excluding carboxylic acids is 1. The Bertz CT molecular complexity index is 1080. The molecule has 1 aliphatic heterocycles. The van der Waals surface area contributed by atoms with E-state index < -0.39 is 32.4 Å². The van der Waals surface area contributed by atoms with Crippen LogP contribution in [0.15, 0.2) is 59.5 Å². The Balaban J connectivity index is 1.67. The fraction of sp³-hybridized carbons (Fsp3) is 0.458. The number of nitrogens with zero attached hydrogens (tertiary/aromatic N) is 1. The highest BCUT2D eigenvalue weighted by Gasteiger charge is 2.45. The lowest BCUT2D eigenvalue weighted by atomic mass is 9.85. The van der Waals surface area contributed by atoms with E-state index in [-0.39, 0.29) is 23.1 Å². The lowest BCUT2D eigenvalue weighted by Crippen LogP contribution is -2.48. The minimum absolute atomic E-state index is 0.0941. The number of nitrogens with two attached hydrogens (primary N) is 1. The molecule has 1 saturated heterocycles. The first-order valence-electron chi connectivity index (χ1n) is 10.8. The first-order chi connectivity index (χ1) is 15.3. The van der Waals surface area contributed by atoms with Crippen LogP contribution >= 0.6 is 0 Å². The molecule has 2 aromatic carbocycles. The van der Waals surface area contributed by atoms with Gasteiger partial charge in [-0.05, 0) is 56.4 Å². The van der Waals surface area contributed by atoms with Crippen molar-refractivity contribution < 1.29 is 26.4 Å². The van der Waals surface area contributed by atoms with Crippen LogP contribution < -0.4 is 5.73 Å². The number of hydrogen-bond acceptors (Lipinski definition) is 4. The number of hydrogen-bond donors (Lipinski definition) is 1. The molecule has 1 atom stereocenters. The van der Waals surface area contributed by atoms with Gasteiger partial charge in [0, 0.05) is 25.6 Å². The average molecular weight is 483 g/mol. The van der Waals surface area contributed by atoms with Crippen LogP contribution in [-0.4, -0.2) is 37.1 Å². The molecule has 0 aromatic heterocycles. The fourth-order valence-electron chi connectivity index (χ4n) is 4.32. The Hall–Kier alpha value is -2.39. The maximum Gasteiger partial charge on any atom is 0.416 e. The lowest BCUT2D eigenvalue weighted by molar-refractivity contribution is -0.137. The van der Waals surface area contributed by atoms with Crippen LogP contribution in [0.5, 0.6) is 0 Å². The van der Waals surface area contributed by atoms with Crippen LogP contribution in [0.2, 0.25) is 0 Å². The summed E-state index contributed by atoms with van der Waals surface area (Å²) in [6, 6.07) is 12.8. The van der Waals surface area contributed by atoms with Crippen LogP contribution in [-0.2, 0) is 20.8 Å². The molecule has 5 nitrogen and oxygen atoms in total. The molecule has 3 rings (SSSR count). The maximum atomic E-state index is 13.3. The number of likely N-dealkylation sites (tertiary alicyclic amines) is 1. The summed E-state index contributed by atoms with van der Waals surface area (Å²) in [5.41, 5.74) is 6.03. The third-order valence-electron chi connectivity index (χ3n) is 6.62. The van der Waals surface area contributed by atoms with Crippen LogP contribution in [0.1, 0.15) is 50.3 Å². The largest absolute Gasteiger partial charge is 0.416 e. The zero-order valence-electron chi connectivity index (χ0n) is 18.7. The number of sulfone groups is 1. The minimum Gasteiger partial charge on any atom is -0.343 e. The molecule has 9 heteroatoms. The quantitative estimate of drug-likeness (QED) is 0.653. The predicted molar refractivity (Wildman–Crippen MR) is 120 cm³/mol. The highest BCUT2D eigenvalue weighted by molar-refractivity contribution is 7.92. The molecular formula is C24H29F3N2O3S. The molecule has 1 fully saturated rings. The molecule has 33 heavy (non-hydrogen) atoms. The van der Waals surface area contributed by atoms with Crippen LogP contribution in [0.25, 0.3) is 0 Å². The third kappa shape index (κ3) is 5.41. The molecule has 0 spiro atoms. The van der Waals surface area contributed by atoms with E-state index in [1.165, 1.54) is 6.07 Å². The number of amides is 1. The number of piperidine rings is 1. The predicted octanol–water partition coefficient (Wildman–Crippen LogP) is 4.59. The molecule has 1 aliphatic rings. The first-order valence-corrected chi connectivity index (χ1v) is 12.3. The summed E-state index contributed by atoms with van der Waals surface area (Å²) < 4.78 is 64.5. The topological polar surface area (TPSA) is 80.5 Å². The summed E-state index contributed by atoms with van der Waals surface area (Å²) in [6.45, 7) is 3.87. The van der Waals surface area contributed by atoms with Crippen molar-refractivity contribution in [3.63, 3.8) is 0 Å². The molecule has 180 valence electrons. The zero-order chi connectivity index (χ0) is 24.4. The molecule has 0 aliphatic carbocycles.